The second kappa shape index (κ2) is 8.01. The van der Waals surface area contributed by atoms with Gasteiger partial charge in [-0.05, 0) is 63.2 Å². The number of halogens is 1. The highest BCUT2D eigenvalue weighted by Gasteiger charge is 2.22. The zero-order valence-electron chi connectivity index (χ0n) is 14.7. The van der Waals surface area contributed by atoms with E-state index in [1.54, 1.807) is 18.3 Å². The first kappa shape index (κ1) is 17.9. The summed E-state index contributed by atoms with van der Waals surface area (Å²) in [6.07, 6.45) is 7.79. The molecular weight excluding hydrogens is 329 g/mol. The third-order valence-corrected chi connectivity index (χ3v) is 4.35. The molecular formula is C20H22FN5. The van der Waals surface area contributed by atoms with Gasteiger partial charge in [-0.3, -0.25) is 4.99 Å². The van der Waals surface area contributed by atoms with Crippen LogP contribution < -0.4 is 11.1 Å². The summed E-state index contributed by atoms with van der Waals surface area (Å²) in [6.45, 7) is 5.38. The van der Waals surface area contributed by atoms with Crippen molar-refractivity contribution < 1.29 is 4.39 Å². The molecule has 0 aliphatic heterocycles. The Balaban J connectivity index is 2.05. The highest BCUT2D eigenvalue weighted by molar-refractivity contribution is 5.72. The minimum atomic E-state index is -0.277. The normalized spacial score (nSPS) is 17.2. The van der Waals surface area contributed by atoms with E-state index in [2.05, 4.69) is 17.0 Å². The Kier molecular flexibility index (Phi) is 5.53. The van der Waals surface area contributed by atoms with Crippen molar-refractivity contribution >= 4 is 23.8 Å². The Morgan fingerprint density at radius 3 is 2.81 bits per heavy atom. The van der Waals surface area contributed by atoms with E-state index in [0.29, 0.717) is 18.1 Å². The molecule has 0 spiro atoms. The van der Waals surface area contributed by atoms with Gasteiger partial charge >= 0.3 is 0 Å². The first-order valence-corrected chi connectivity index (χ1v) is 8.57. The van der Waals surface area contributed by atoms with Crippen LogP contribution in [0.25, 0.3) is 5.57 Å². The van der Waals surface area contributed by atoms with E-state index >= 15 is 0 Å². The molecule has 0 saturated heterocycles. The Labute approximate surface area is 152 Å². The predicted molar refractivity (Wildman–Crippen MR) is 104 cm³/mol. The van der Waals surface area contributed by atoms with Gasteiger partial charge in [-0.2, -0.15) is 0 Å². The third-order valence-electron chi connectivity index (χ3n) is 4.35. The average Bonchev–Trinajstić information content (AvgIpc) is 2.64. The number of nitrogens with zero attached hydrogens (tertiary/aromatic N) is 3. The summed E-state index contributed by atoms with van der Waals surface area (Å²) in [5, 5.41) is 3.29. The van der Waals surface area contributed by atoms with Crippen LogP contribution in [-0.4, -0.2) is 22.7 Å². The van der Waals surface area contributed by atoms with Crippen LogP contribution >= 0.6 is 0 Å². The van der Waals surface area contributed by atoms with Gasteiger partial charge in [0.25, 0.3) is 0 Å². The minimum absolute atomic E-state index is 0.0942. The Hall–Kier alpha value is -2.86. The van der Waals surface area contributed by atoms with Crippen molar-refractivity contribution in [1.29, 1.82) is 0 Å². The standard InChI is InChI=1S/C20H22FN5/c1-3-13(10-11-23-2)19-25-18-9-6-15(22)12-17(18)20(26-19)24-16-7-4-14(21)5-8-16/h3-5,7-8,10-11,15H,2,6,9,12,22H2,1H3,(H,24,25,26)/b11-10-,13-3+. The maximum absolute atomic E-state index is 13.2. The zero-order valence-corrected chi connectivity index (χ0v) is 14.7. The lowest BCUT2D eigenvalue weighted by atomic mass is 9.92. The van der Waals surface area contributed by atoms with E-state index < -0.39 is 0 Å². The van der Waals surface area contributed by atoms with E-state index in [-0.39, 0.29) is 11.9 Å². The van der Waals surface area contributed by atoms with Gasteiger partial charge in [-0.25, -0.2) is 14.4 Å². The first-order chi connectivity index (χ1) is 12.6. The number of benzene rings is 1. The van der Waals surface area contributed by atoms with Crippen molar-refractivity contribution in [3.8, 4) is 0 Å². The number of fused-ring (bicyclic) bond motifs is 1. The molecule has 0 amide bonds. The summed E-state index contributed by atoms with van der Waals surface area (Å²) in [7, 11) is 0. The predicted octanol–water partition coefficient (Wildman–Crippen LogP) is 3.79. The quantitative estimate of drug-likeness (QED) is 0.635. The zero-order chi connectivity index (χ0) is 18.5. The summed E-state index contributed by atoms with van der Waals surface area (Å²) < 4.78 is 13.2. The highest BCUT2D eigenvalue weighted by atomic mass is 19.1. The van der Waals surface area contributed by atoms with Gasteiger partial charge in [-0.1, -0.05) is 6.08 Å². The van der Waals surface area contributed by atoms with Crippen molar-refractivity contribution in [2.45, 2.75) is 32.2 Å². The van der Waals surface area contributed by atoms with Crippen molar-refractivity contribution in [3.05, 3.63) is 65.5 Å². The van der Waals surface area contributed by atoms with Crippen LogP contribution in [0.2, 0.25) is 0 Å². The molecule has 0 bridgehead atoms. The Morgan fingerprint density at radius 1 is 1.35 bits per heavy atom. The van der Waals surface area contributed by atoms with Gasteiger partial charge in [0, 0.05) is 34.8 Å². The number of aromatic nitrogens is 2. The number of nitrogens with one attached hydrogen (secondary N) is 1. The molecule has 1 heterocycles. The van der Waals surface area contributed by atoms with Crippen molar-refractivity contribution in [2.24, 2.45) is 10.7 Å². The maximum atomic E-state index is 13.2. The van der Waals surface area contributed by atoms with Crippen molar-refractivity contribution in [2.75, 3.05) is 5.32 Å². The average molecular weight is 351 g/mol. The molecule has 5 nitrogen and oxygen atoms in total. The smallest absolute Gasteiger partial charge is 0.161 e. The lowest BCUT2D eigenvalue weighted by Crippen LogP contribution is -2.29. The number of hydrogen-bond acceptors (Lipinski definition) is 5. The molecule has 2 aromatic rings. The molecule has 1 aromatic carbocycles. The largest absolute Gasteiger partial charge is 0.340 e. The second-order valence-corrected chi connectivity index (χ2v) is 6.20. The monoisotopic (exact) mass is 351 g/mol. The summed E-state index contributed by atoms with van der Waals surface area (Å²) in [5.41, 5.74) is 9.80. The highest BCUT2D eigenvalue weighted by Crippen LogP contribution is 2.29. The molecule has 134 valence electrons. The van der Waals surface area contributed by atoms with E-state index in [4.69, 9.17) is 15.7 Å². The number of rotatable bonds is 5. The van der Waals surface area contributed by atoms with Gasteiger partial charge in [0.2, 0.25) is 0 Å². The number of nitrogens with two attached hydrogens (primary N) is 1. The van der Waals surface area contributed by atoms with Gasteiger partial charge in [0.15, 0.2) is 5.82 Å². The number of hydrogen-bond donors (Lipinski definition) is 2. The van der Waals surface area contributed by atoms with Crippen LogP contribution in [0, 0.1) is 5.82 Å². The molecule has 1 aliphatic rings. The topological polar surface area (TPSA) is 76.2 Å². The fourth-order valence-corrected chi connectivity index (χ4v) is 2.97. The molecule has 0 fully saturated rings. The van der Waals surface area contributed by atoms with Crippen LogP contribution in [0.15, 0.2) is 47.6 Å². The van der Waals surface area contributed by atoms with Gasteiger partial charge < -0.3 is 11.1 Å². The van der Waals surface area contributed by atoms with E-state index in [1.807, 2.05) is 19.1 Å². The number of aryl methyl sites for hydroxylation is 1. The van der Waals surface area contributed by atoms with Crippen LogP contribution in [0.3, 0.4) is 0 Å². The van der Waals surface area contributed by atoms with E-state index in [1.165, 1.54) is 12.1 Å². The summed E-state index contributed by atoms with van der Waals surface area (Å²) in [6, 6.07) is 6.29. The Morgan fingerprint density at radius 2 is 2.12 bits per heavy atom. The Bertz CT molecular complexity index is 855. The van der Waals surface area contributed by atoms with Gasteiger partial charge in [-0.15, -0.1) is 0 Å². The van der Waals surface area contributed by atoms with Crippen molar-refractivity contribution in [1.82, 2.24) is 9.97 Å². The molecule has 1 atom stereocenters. The summed E-state index contributed by atoms with van der Waals surface area (Å²) >= 11 is 0. The van der Waals surface area contributed by atoms with E-state index in [0.717, 1.165) is 35.4 Å². The van der Waals surface area contributed by atoms with Crippen LogP contribution in [0.1, 0.15) is 30.4 Å². The molecule has 3 N–H and O–H groups in total. The lowest BCUT2D eigenvalue weighted by molar-refractivity contribution is 0.564. The van der Waals surface area contributed by atoms with Crippen molar-refractivity contribution in [3.63, 3.8) is 0 Å². The number of aliphatic imine (C=N–C) groups is 1. The van der Waals surface area contributed by atoms with Crippen LogP contribution in [-0.2, 0) is 12.8 Å². The molecule has 26 heavy (non-hydrogen) atoms. The van der Waals surface area contributed by atoms with Crippen LogP contribution in [0.4, 0.5) is 15.9 Å². The first-order valence-electron chi connectivity index (χ1n) is 8.57. The van der Waals surface area contributed by atoms with E-state index in [9.17, 15) is 4.39 Å². The molecule has 1 unspecified atom stereocenters. The maximum Gasteiger partial charge on any atom is 0.161 e. The lowest BCUT2D eigenvalue weighted by Gasteiger charge is -2.24. The van der Waals surface area contributed by atoms with Crippen LogP contribution in [0.5, 0.6) is 0 Å². The van der Waals surface area contributed by atoms with Gasteiger partial charge in [0.05, 0.1) is 0 Å². The summed E-state index contributed by atoms with van der Waals surface area (Å²) in [4.78, 5) is 13.2. The molecule has 1 aromatic heterocycles. The molecule has 0 radical (unpaired) electrons. The molecule has 1 aliphatic carbocycles. The number of allylic oxidation sites excluding steroid dienone is 3. The number of anilines is 2. The molecule has 3 rings (SSSR count). The fraction of sp³-hybridized carbons (Fsp3) is 0.250. The molecule has 0 saturated carbocycles. The molecule has 6 heteroatoms. The fourth-order valence-electron chi connectivity index (χ4n) is 2.97. The minimum Gasteiger partial charge on any atom is -0.340 e. The second-order valence-electron chi connectivity index (χ2n) is 6.20. The van der Waals surface area contributed by atoms with Gasteiger partial charge in [0.1, 0.15) is 11.6 Å². The third kappa shape index (κ3) is 4.03. The SMILES string of the molecule is C=N/C=C\C(=C/C)c1nc2c(c(Nc3ccc(F)cc3)n1)CC(N)CC2. The summed E-state index contributed by atoms with van der Waals surface area (Å²) in [5.74, 6) is 1.05.